The molecule has 146 valence electrons. The number of pyridine rings is 1. The van der Waals surface area contributed by atoms with Crippen molar-refractivity contribution in [3.05, 3.63) is 30.1 Å². The van der Waals surface area contributed by atoms with Crippen LogP contribution in [0.25, 0.3) is 0 Å². The molecule has 0 spiro atoms. The predicted molar refractivity (Wildman–Crippen MR) is 105 cm³/mol. The van der Waals surface area contributed by atoms with Gasteiger partial charge in [0.2, 0.25) is 5.91 Å². The summed E-state index contributed by atoms with van der Waals surface area (Å²) in [5, 5.41) is 3.44. The van der Waals surface area contributed by atoms with Crippen molar-refractivity contribution in [3.8, 4) is 0 Å². The molecule has 0 aliphatic carbocycles. The van der Waals surface area contributed by atoms with Gasteiger partial charge in [-0.25, -0.2) is 0 Å². The largest absolute Gasteiger partial charge is 0.375 e. The van der Waals surface area contributed by atoms with E-state index in [1.54, 1.807) is 6.20 Å². The minimum absolute atomic E-state index is 0. The van der Waals surface area contributed by atoms with Crippen molar-refractivity contribution in [2.24, 2.45) is 0 Å². The van der Waals surface area contributed by atoms with Gasteiger partial charge in [-0.05, 0) is 70.7 Å². The van der Waals surface area contributed by atoms with Gasteiger partial charge < -0.3 is 15.0 Å². The molecule has 2 aliphatic heterocycles. The lowest BCUT2D eigenvalue weighted by Gasteiger charge is -2.31. The van der Waals surface area contributed by atoms with Crippen molar-refractivity contribution in [1.82, 2.24) is 15.2 Å². The normalized spacial score (nSPS) is 26.0. The van der Waals surface area contributed by atoms with Crippen LogP contribution in [0.3, 0.4) is 0 Å². The topological polar surface area (TPSA) is 54.5 Å². The van der Waals surface area contributed by atoms with Gasteiger partial charge in [0.25, 0.3) is 0 Å². The third-order valence-corrected chi connectivity index (χ3v) is 5.36. The number of halogens is 1. The van der Waals surface area contributed by atoms with Crippen LogP contribution < -0.4 is 5.32 Å². The molecule has 0 aromatic carbocycles. The summed E-state index contributed by atoms with van der Waals surface area (Å²) in [6, 6.07) is 6.24. The van der Waals surface area contributed by atoms with Crippen molar-refractivity contribution in [2.75, 3.05) is 13.1 Å². The molecule has 0 saturated carbocycles. The molecule has 1 N–H and O–H groups in total. The molecule has 1 aromatic heterocycles. The summed E-state index contributed by atoms with van der Waals surface area (Å²) in [6.45, 7) is 4.77. The Morgan fingerprint density at radius 1 is 1.27 bits per heavy atom. The summed E-state index contributed by atoms with van der Waals surface area (Å²) in [4.78, 5) is 19.5. The maximum absolute atomic E-state index is 13.0. The minimum atomic E-state index is 0. The van der Waals surface area contributed by atoms with Crippen LogP contribution >= 0.6 is 12.4 Å². The highest BCUT2D eigenvalue weighted by Gasteiger charge is 2.27. The Morgan fingerprint density at radius 2 is 2.15 bits per heavy atom. The maximum Gasteiger partial charge on any atom is 0.223 e. The molecular formula is C20H32ClN3O2. The SMILES string of the molecule is CC1CCC(CCC(=O)N(Cc2ccccn2)C2CCCNCC2)O1.Cl. The van der Waals surface area contributed by atoms with Gasteiger partial charge >= 0.3 is 0 Å². The van der Waals surface area contributed by atoms with Crippen molar-refractivity contribution in [1.29, 1.82) is 0 Å². The molecule has 2 fully saturated rings. The van der Waals surface area contributed by atoms with Crippen LogP contribution in [0.5, 0.6) is 0 Å². The van der Waals surface area contributed by atoms with Gasteiger partial charge in [-0.3, -0.25) is 9.78 Å². The van der Waals surface area contributed by atoms with Gasteiger partial charge in [0.1, 0.15) is 0 Å². The molecule has 3 unspecified atom stereocenters. The summed E-state index contributed by atoms with van der Waals surface area (Å²) < 4.78 is 5.88. The Morgan fingerprint density at radius 3 is 2.88 bits per heavy atom. The third-order valence-electron chi connectivity index (χ3n) is 5.36. The summed E-state index contributed by atoms with van der Waals surface area (Å²) in [6.07, 6.45) is 9.25. The first-order valence-corrected chi connectivity index (χ1v) is 9.78. The predicted octanol–water partition coefficient (Wildman–Crippen LogP) is 3.32. The molecule has 0 bridgehead atoms. The number of carbonyl (C=O) groups excluding carboxylic acids is 1. The van der Waals surface area contributed by atoms with E-state index < -0.39 is 0 Å². The lowest BCUT2D eigenvalue weighted by molar-refractivity contribution is -0.135. The molecule has 3 heterocycles. The molecular weight excluding hydrogens is 350 g/mol. The van der Waals surface area contributed by atoms with Crippen molar-refractivity contribution in [2.45, 2.75) is 76.7 Å². The molecule has 3 atom stereocenters. The van der Waals surface area contributed by atoms with Crippen LogP contribution in [0.2, 0.25) is 0 Å². The summed E-state index contributed by atoms with van der Waals surface area (Å²) in [7, 11) is 0. The standard InChI is InChI=1S/C20H31N3O2.ClH/c1-16-7-8-19(25-16)9-10-20(24)23(15-17-5-2-3-13-22-17)18-6-4-12-21-14-11-18;/h2-3,5,13,16,18-19,21H,4,6-12,14-15H2,1H3;1H. The van der Waals surface area contributed by atoms with Crippen LogP contribution in [0, 0.1) is 0 Å². The first kappa shape index (κ1) is 21.1. The average molecular weight is 382 g/mol. The molecule has 3 rings (SSSR count). The van der Waals surface area contributed by atoms with E-state index in [0.29, 0.717) is 25.1 Å². The van der Waals surface area contributed by atoms with E-state index in [1.807, 2.05) is 18.2 Å². The quantitative estimate of drug-likeness (QED) is 0.821. The number of aromatic nitrogens is 1. The van der Waals surface area contributed by atoms with Crippen molar-refractivity contribution >= 4 is 18.3 Å². The fourth-order valence-electron chi connectivity index (χ4n) is 3.93. The monoisotopic (exact) mass is 381 g/mol. The number of amides is 1. The smallest absolute Gasteiger partial charge is 0.223 e. The number of rotatable bonds is 6. The van der Waals surface area contributed by atoms with E-state index in [9.17, 15) is 4.79 Å². The van der Waals surface area contributed by atoms with Crippen LogP contribution in [0.4, 0.5) is 0 Å². The zero-order valence-electron chi connectivity index (χ0n) is 15.7. The summed E-state index contributed by atoms with van der Waals surface area (Å²) in [5.41, 5.74) is 0.971. The fourth-order valence-corrected chi connectivity index (χ4v) is 3.93. The van der Waals surface area contributed by atoms with E-state index >= 15 is 0 Å². The molecule has 2 aliphatic rings. The molecule has 2 saturated heterocycles. The van der Waals surface area contributed by atoms with Gasteiger partial charge in [0.05, 0.1) is 24.4 Å². The molecule has 5 nitrogen and oxygen atoms in total. The molecule has 0 radical (unpaired) electrons. The zero-order valence-corrected chi connectivity index (χ0v) is 16.5. The fraction of sp³-hybridized carbons (Fsp3) is 0.700. The van der Waals surface area contributed by atoms with E-state index in [1.165, 1.54) is 0 Å². The zero-order chi connectivity index (χ0) is 17.5. The Labute approximate surface area is 163 Å². The second kappa shape index (κ2) is 10.9. The van der Waals surface area contributed by atoms with E-state index in [-0.39, 0.29) is 24.4 Å². The number of hydrogen-bond donors (Lipinski definition) is 1. The van der Waals surface area contributed by atoms with Crippen LogP contribution in [-0.2, 0) is 16.1 Å². The molecule has 1 aromatic rings. The lowest BCUT2D eigenvalue weighted by Crippen LogP contribution is -2.40. The number of ether oxygens (including phenoxy) is 1. The van der Waals surface area contributed by atoms with E-state index in [0.717, 1.165) is 57.3 Å². The Bertz CT molecular complexity index is 535. The molecule has 6 heteroatoms. The molecule has 26 heavy (non-hydrogen) atoms. The van der Waals surface area contributed by atoms with Gasteiger partial charge in [-0.2, -0.15) is 0 Å². The van der Waals surface area contributed by atoms with E-state index in [2.05, 4.69) is 22.1 Å². The first-order chi connectivity index (χ1) is 12.2. The number of nitrogens with one attached hydrogen (secondary N) is 1. The van der Waals surface area contributed by atoms with Crippen LogP contribution in [0.1, 0.15) is 57.6 Å². The molecule has 1 amide bonds. The second-order valence-electron chi connectivity index (χ2n) is 7.36. The summed E-state index contributed by atoms with van der Waals surface area (Å²) in [5.74, 6) is 0.251. The van der Waals surface area contributed by atoms with Crippen LogP contribution in [0.15, 0.2) is 24.4 Å². The lowest BCUT2D eigenvalue weighted by atomic mass is 10.0. The highest BCUT2D eigenvalue weighted by atomic mass is 35.5. The highest BCUT2D eigenvalue weighted by molar-refractivity contribution is 5.85. The number of hydrogen-bond acceptors (Lipinski definition) is 4. The van der Waals surface area contributed by atoms with Crippen LogP contribution in [-0.4, -0.2) is 47.1 Å². The van der Waals surface area contributed by atoms with Crippen molar-refractivity contribution in [3.63, 3.8) is 0 Å². The Balaban J connectivity index is 0.00000243. The van der Waals surface area contributed by atoms with Gasteiger partial charge in [-0.1, -0.05) is 6.07 Å². The van der Waals surface area contributed by atoms with E-state index in [4.69, 9.17) is 4.74 Å². The first-order valence-electron chi connectivity index (χ1n) is 9.78. The van der Waals surface area contributed by atoms with Gasteiger partial charge in [0.15, 0.2) is 0 Å². The summed E-state index contributed by atoms with van der Waals surface area (Å²) >= 11 is 0. The Kier molecular flexibility index (Phi) is 8.82. The maximum atomic E-state index is 13.0. The van der Waals surface area contributed by atoms with Crippen molar-refractivity contribution < 1.29 is 9.53 Å². The van der Waals surface area contributed by atoms with Gasteiger partial charge in [-0.15, -0.1) is 12.4 Å². The highest BCUT2D eigenvalue weighted by Crippen LogP contribution is 2.24. The second-order valence-corrected chi connectivity index (χ2v) is 7.36. The average Bonchev–Trinajstić information content (AvgIpc) is 2.87. The minimum Gasteiger partial charge on any atom is -0.375 e. The number of nitrogens with zero attached hydrogens (tertiary/aromatic N) is 2. The number of carbonyl (C=O) groups is 1. The third kappa shape index (κ3) is 6.22. The Hall–Kier alpha value is -1.17. The van der Waals surface area contributed by atoms with Gasteiger partial charge in [0, 0.05) is 18.7 Å².